The summed E-state index contributed by atoms with van der Waals surface area (Å²) in [5, 5.41) is 0.468. The molecule has 0 atom stereocenters. The van der Waals surface area contributed by atoms with Crippen LogP contribution in [0.15, 0.2) is 12.1 Å². The molecule has 0 radical (unpaired) electrons. The van der Waals surface area contributed by atoms with Crippen molar-refractivity contribution in [3.05, 3.63) is 28.8 Å². The number of Topliss-reactive ketones (excluding diaryl/α,β-unsaturated/α-hetero) is 1. The number of ether oxygens (including phenoxy) is 1. The largest absolute Gasteiger partial charge is 0.493 e. The van der Waals surface area contributed by atoms with Crippen LogP contribution < -0.4 is 4.74 Å². The van der Waals surface area contributed by atoms with Gasteiger partial charge >= 0.3 is 0 Å². The Morgan fingerprint density at radius 2 is 2.00 bits per heavy atom. The molecule has 0 heterocycles. The molecule has 2 nitrogen and oxygen atoms in total. The summed E-state index contributed by atoms with van der Waals surface area (Å²) in [5.41, 5.74) is 2.87. The van der Waals surface area contributed by atoms with Crippen LogP contribution >= 0.6 is 11.8 Å². The number of hydrogen-bond donors (Lipinski definition) is 0. The first-order chi connectivity index (χ1) is 8.45. The van der Waals surface area contributed by atoms with Crippen molar-refractivity contribution in [2.75, 3.05) is 12.4 Å². The molecule has 100 valence electrons. The number of hydrogen-bond acceptors (Lipinski definition) is 3. The molecule has 0 fully saturated rings. The summed E-state index contributed by atoms with van der Waals surface area (Å²) < 4.78 is 5.62. The number of thioether (sulfide) groups is 1. The van der Waals surface area contributed by atoms with Crippen LogP contribution in [-0.4, -0.2) is 23.4 Å². The van der Waals surface area contributed by atoms with Gasteiger partial charge in [-0.05, 0) is 43.2 Å². The van der Waals surface area contributed by atoms with E-state index in [4.69, 9.17) is 4.74 Å². The molecule has 0 saturated heterocycles. The highest BCUT2D eigenvalue weighted by Crippen LogP contribution is 2.27. The Hall–Kier alpha value is -0.960. The van der Waals surface area contributed by atoms with E-state index in [0.717, 1.165) is 22.4 Å². The second-order valence-corrected chi connectivity index (χ2v) is 6.24. The van der Waals surface area contributed by atoms with E-state index < -0.39 is 0 Å². The van der Waals surface area contributed by atoms with Crippen molar-refractivity contribution in [3.63, 3.8) is 0 Å². The van der Waals surface area contributed by atoms with Gasteiger partial charge in [-0.25, -0.2) is 0 Å². The highest BCUT2D eigenvalue weighted by Gasteiger charge is 2.16. The zero-order chi connectivity index (χ0) is 13.7. The molecule has 1 rings (SSSR count). The van der Waals surface area contributed by atoms with Gasteiger partial charge < -0.3 is 4.74 Å². The summed E-state index contributed by atoms with van der Waals surface area (Å²) >= 11 is 1.67. The third-order valence-corrected chi connectivity index (χ3v) is 3.65. The zero-order valence-electron chi connectivity index (χ0n) is 11.9. The minimum atomic E-state index is 0.156. The topological polar surface area (TPSA) is 26.3 Å². The number of rotatable bonds is 6. The van der Waals surface area contributed by atoms with E-state index >= 15 is 0 Å². The maximum Gasteiger partial charge on any atom is 0.176 e. The Balaban J connectivity index is 3.01. The van der Waals surface area contributed by atoms with Crippen molar-refractivity contribution in [1.82, 2.24) is 0 Å². The van der Waals surface area contributed by atoms with Gasteiger partial charge in [0.15, 0.2) is 5.78 Å². The molecule has 1 aromatic rings. The molecule has 0 spiro atoms. The molecular weight excluding hydrogens is 244 g/mol. The van der Waals surface area contributed by atoms with Crippen LogP contribution in [0.1, 0.15) is 42.3 Å². The summed E-state index contributed by atoms with van der Waals surface area (Å²) in [5.74, 6) is 1.42. The van der Waals surface area contributed by atoms with E-state index in [1.54, 1.807) is 11.8 Å². The molecule has 18 heavy (non-hydrogen) atoms. The van der Waals surface area contributed by atoms with Crippen LogP contribution in [-0.2, 0) is 0 Å². The van der Waals surface area contributed by atoms with Crippen molar-refractivity contribution in [2.45, 2.75) is 39.9 Å². The SMILES string of the molecule is CCOc1c(C)cc(C)cc1C(=O)CSC(C)C. The summed E-state index contributed by atoms with van der Waals surface area (Å²) in [6.45, 7) is 10.7. The van der Waals surface area contributed by atoms with E-state index in [1.807, 2.05) is 26.8 Å². The second-order valence-electron chi connectivity index (χ2n) is 4.67. The number of aryl methyl sites for hydroxylation is 2. The molecule has 0 aliphatic heterocycles. The van der Waals surface area contributed by atoms with Crippen LogP contribution in [0.2, 0.25) is 0 Å². The normalized spacial score (nSPS) is 10.8. The van der Waals surface area contributed by atoms with E-state index in [-0.39, 0.29) is 5.78 Å². The Morgan fingerprint density at radius 3 is 2.56 bits per heavy atom. The maximum absolute atomic E-state index is 12.2. The van der Waals surface area contributed by atoms with Gasteiger partial charge in [-0.15, -0.1) is 0 Å². The standard InChI is InChI=1S/C15H22O2S/c1-6-17-15-12(5)7-11(4)8-13(15)14(16)9-18-10(2)3/h7-8,10H,6,9H2,1-5H3. The second kappa shape index (κ2) is 6.83. The molecule has 3 heteroatoms. The van der Waals surface area contributed by atoms with Crippen molar-refractivity contribution >= 4 is 17.5 Å². The zero-order valence-corrected chi connectivity index (χ0v) is 12.7. The molecule has 0 aromatic heterocycles. The van der Waals surface area contributed by atoms with Gasteiger partial charge in [-0.2, -0.15) is 11.8 Å². The molecule has 0 bridgehead atoms. The van der Waals surface area contributed by atoms with E-state index in [1.165, 1.54) is 0 Å². The monoisotopic (exact) mass is 266 g/mol. The number of carbonyl (C=O) groups is 1. The minimum absolute atomic E-state index is 0.156. The van der Waals surface area contributed by atoms with Crippen LogP contribution in [0, 0.1) is 13.8 Å². The lowest BCUT2D eigenvalue weighted by Gasteiger charge is -2.14. The first kappa shape index (κ1) is 15.1. The molecule has 0 aliphatic rings. The van der Waals surface area contributed by atoms with Gasteiger partial charge in [0.2, 0.25) is 0 Å². The van der Waals surface area contributed by atoms with Crippen LogP contribution in [0.4, 0.5) is 0 Å². The maximum atomic E-state index is 12.2. The van der Waals surface area contributed by atoms with Gasteiger partial charge in [0.25, 0.3) is 0 Å². The predicted molar refractivity (Wildman–Crippen MR) is 79.0 cm³/mol. The number of carbonyl (C=O) groups excluding carboxylic acids is 1. The van der Waals surface area contributed by atoms with Crippen LogP contribution in [0.25, 0.3) is 0 Å². The van der Waals surface area contributed by atoms with Gasteiger partial charge in [0.1, 0.15) is 5.75 Å². The van der Waals surface area contributed by atoms with Crippen LogP contribution in [0.3, 0.4) is 0 Å². The van der Waals surface area contributed by atoms with Crippen molar-refractivity contribution in [3.8, 4) is 5.75 Å². The fourth-order valence-corrected chi connectivity index (χ4v) is 2.46. The lowest BCUT2D eigenvalue weighted by molar-refractivity contribution is 0.101. The van der Waals surface area contributed by atoms with E-state index in [2.05, 4.69) is 19.9 Å². The van der Waals surface area contributed by atoms with Crippen molar-refractivity contribution in [2.24, 2.45) is 0 Å². The average Bonchev–Trinajstić information content (AvgIpc) is 2.29. The third kappa shape index (κ3) is 4.05. The number of benzene rings is 1. The smallest absolute Gasteiger partial charge is 0.176 e. The van der Waals surface area contributed by atoms with Gasteiger partial charge in [-0.3, -0.25) is 4.79 Å². The molecule has 0 aliphatic carbocycles. The minimum Gasteiger partial charge on any atom is -0.493 e. The first-order valence-corrected chi connectivity index (χ1v) is 7.39. The molecule has 0 N–H and O–H groups in total. The molecule has 0 saturated carbocycles. The quantitative estimate of drug-likeness (QED) is 0.727. The molecule has 0 unspecified atom stereocenters. The highest BCUT2D eigenvalue weighted by atomic mass is 32.2. The fraction of sp³-hybridized carbons (Fsp3) is 0.533. The van der Waals surface area contributed by atoms with Gasteiger partial charge in [0.05, 0.1) is 17.9 Å². The average molecular weight is 266 g/mol. The Morgan fingerprint density at radius 1 is 1.33 bits per heavy atom. The Labute approximate surface area is 114 Å². The summed E-state index contributed by atoms with van der Waals surface area (Å²) in [7, 11) is 0. The molecular formula is C15H22O2S. The summed E-state index contributed by atoms with van der Waals surface area (Å²) in [6.07, 6.45) is 0. The van der Waals surface area contributed by atoms with Gasteiger partial charge in [0, 0.05) is 0 Å². The Bertz CT molecular complexity index is 425. The summed E-state index contributed by atoms with van der Waals surface area (Å²) in [4.78, 5) is 12.2. The first-order valence-electron chi connectivity index (χ1n) is 6.34. The third-order valence-electron chi connectivity index (χ3n) is 2.56. The Kier molecular flexibility index (Phi) is 5.73. The molecule has 0 amide bonds. The van der Waals surface area contributed by atoms with Crippen LogP contribution in [0.5, 0.6) is 5.75 Å². The molecule has 1 aromatic carbocycles. The fourth-order valence-electron chi connectivity index (χ4n) is 1.82. The van der Waals surface area contributed by atoms with Crippen molar-refractivity contribution < 1.29 is 9.53 Å². The van der Waals surface area contributed by atoms with Gasteiger partial charge in [-0.1, -0.05) is 19.9 Å². The highest BCUT2D eigenvalue weighted by molar-refractivity contribution is 8.00. The number of ketones is 1. The lowest BCUT2D eigenvalue weighted by Crippen LogP contribution is -2.09. The van der Waals surface area contributed by atoms with E-state index in [0.29, 0.717) is 17.6 Å². The lowest BCUT2D eigenvalue weighted by atomic mass is 10.0. The van der Waals surface area contributed by atoms with E-state index in [9.17, 15) is 4.79 Å². The van der Waals surface area contributed by atoms with Crippen molar-refractivity contribution in [1.29, 1.82) is 0 Å². The summed E-state index contributed by atoms with van der Waals surface area (Å²) in [6, 6.07) is 3.98. The predicted octanol–water partition coefficient (Wildman–Crippen LogP) is 4.03.